The van der Waals surface area contributed by atoms with Crippen LogP contribution in [0.4, 0.5) is 0 Å². The number of hydrogen-bond donors (Lipinski definition) is 2. The van der Waals surface area contributed by atoms with Gasteiger partial charge in [0.1, 0.15) is 5.69 Å². The second-order valence-corrected chi connectivity index (χ2v) is 2.27. The molecule has 0 amide bonds. The summed E-state index contributed by atoms with van der Waals surface area (Å²) < 4.78 is 1.68. The van der Waals surface area contributed by atoms with Crippen molar-refractivity contribution < 1.29 is 5.11 Å². The van der Waals surface area contributed by atoms with E-state index in [0.717, 1.165) is 13.0 Å². The highest BCUT2D eigenvalue weighted by Crippen LogP contribution is 1.92. The number of hydrogen-bond acceptors (Lipinski definition) is 4. The topological polar surface area (TPSA) is 77.0 Å². The van der Waals surface area contributed by atoms with Crippen LogP contribution in [0, 0.1) is 0 Å². The van der Waals surface area contributed by atoms with Gasteiger partial charge in [-0.3, -0.25) is 4.68 Å². The molecule has 0 aliphatic heterocycles. The van der Waals surface area contributed by atoms with Gasteiger partial charge in [0.2, 0.25) is 0 Å². The third kappa shape index (κ3) is 6.39. The van der Waals surface area contributed by atoms with Crippen molar-refractivity contribution in [2.75, 3.05) is 6.54 Å². The SMILES string of the molecule is Cl.Cl.Cl.NCCCn1cc(CO)nn1. The Morgan fingerprint density at radius 1 is 1.36 bits per heavy atom. The van der Waals surface area contributed by atoms with Crippen molar-refractivity contribution in [1.82, 2.24) is 15.0 Å². The molecule has 1 rings (SSSR count). The van der Waals surface area contributed by atoms with E-state index in [1.54, 1.807) is 10.9 Å². The predicted molar refractivity (Wildman–Crippen MR) is 61.4 cm³/mol. The van der Waals surface area contributed by atoms with E-state index >= 15 is 0 Å². The van der Waals surface area contributed by atoms with Crippen LogP contribution in [0.1, 0.15) is 12.1 Å². The number of aryl methyl sites for hydroxylation is 1. The summed E-state index contributed by atoms with van der Waals surface area (Å²) in [6.07, 6.45) is 2.60. The number of aliphatic hydroxyl groups excluding tert-OH is 1. The van der Waals surface area contributed by atoms with E-state index in [9.17, 15) is 0 Å². The maximum Gasteiger partial charge on any atom is 0.108 e. The van der Waals surface area contributed by atoms with Crippen LogP contribution in [0.15, 0.2) is 6.20 Å². The summed E-state index contributed by atoms with van der Waals surface area (Å²) in [4.78, 5) is 0. The Morgan fingerprint density at radius 2 is 2.00 bits per heavy atom. The van der Waals surface area contributed by atoms with Crippen molar-refractivity contribution in [2.45, 2.75) is 19.6 Å². The van der Waals surface area contributed by atoms with Gasteiger partial charge in [-0.15, -0.1) is 42.3 Å². The first-order chi connectivity index (χ1) is 5.36. The Bertz CT molecular complexity index is 221. The molecule has 3 N–H and O–H groups in total. The Hall–Kier alpha value is -0.0700. The first kappa shape index (κ1) is 19.5. The summed E-state index contributed by atoms with van der Waals surface area (Å²) in [5.41, 5.74) is 5.90. The van der Waals surface area contributed by atoms with Crippen molar-refractivity contribution in [2.24, 2.45) is 5.73 Å². The van der Waals surface area contributed by atoms with Gasteiger partial charge >= 0.3 is 0 Å². The summed E-state index contributed by atoms with van der Waals surface area (Å²) >= 11 is 0. The van der Waals surface area contributed by atoms with Gasteiger partial charge in [-0.25, -0.2) is 0 Å². The van der Waals surface area contributed by atoms with E-state index in [-0.39, 0.29) is 43.8 Å². The average Bonchev–Trinajstić information content (AvgIpc) is 2.48. The smallest absolute Gasteiger partial charge is 0.108 e. The van der Waals surface area contributed by atoms with E-state index in [0.29, 0.717) is 12.2 Å². The Labute approximate surface area is 101 Å². The lowest BCUT2D eigenvalue weighted by Gasteiger charge is -1.94. The highest BCUT2D eigenvalue weighted by atomic mass is 35.5. The lowest BCUT2D eigenvalue weighted by atomic mass is 10.4. The zero-order valence-electron chi connectivity index (χ0n) is 7.50. The van der Waals surface area contributed by atoms with Crippen LogP contribution in [-0.4, -0.2) is 26.6 Å². The number of aliphatic hydroxyl groups is 1. The van der Waals surface area contributed by atoms with Gasteiger partial charge in [-0.05, 0) is 13.0 Å². The summed E-state index contributed by atoms with van der Waals surface area (Å²) in [5.74, 6) is 0. The molecule has 86 valence electrons. The highest BCUT2D eigenvalue weighted by Gasteiger charge is 1.96. The maximum atomic E-state index is 8.64. The van der Waals surface area contributed by atoms with E-state index in [4.69, 9.17) is 10.8 Å². The van der Waals surface area contributed by atoms with Gasteiger partial charge in [0.15, 0.2) is 0 Å². The molecule has 0 saturated heterocycles. The van der Waals surface area contributed by atoms with Crippen molar-refractivity contribution in [3.8, 4) is 0 Å². The monoisotopic (exact) mass is 264 g/mol. The number of nitrogens with two attached hydrogens (primary N) is 1. The fourth-order valence-electron chi connectivity index (χ4n) is 0.774. The molecule has 0 aromatic carbocycles. The molecule has 0 bridgehead atoms. The second-order valence-electron chi connectivity index (χ2n) is 2.27. The Morgan fingerprint density at radius 3 is 2.43 bits per heavy atom. The van der Waals surface area contributed by atoms with Crippen LogP contribution in [0.5, 0.6) is 0 Å². The van der Waals surface area contributed by atoms with E-state index in [1.807, 2.05) is 0 Å². The fraction of sp³-hybridized carbons (Fsp3) is 0.667. The summed E-state index contributed by atoms with van der Waals surface area (Å²) in [6.45, 7) is 1.36. The molecule has 0 aliphatic rings. The van der Waals surface area contributed by atoms with Crippen molar-refractivity contribution in [3.05, 3.63) is 11.9 Å². The quantitative estimate of drug-likeness (QED) is 0.825. The van der Waals surface area contributed by atoms with Gasteiger partial charge in [0.05, 0.1) is 12.8 Å². The van der Waals surface area contributed by atoms with Gasteiger partial charge < -0.3 is 10.8 Å². The number of nitrogens with zero attached hydrogens (tertiary/aromatic N) is 3. The number of aromatic nitrogens is 3. The number of halogens is 3. The van der Waals surface area contributed by atoms with Crippen LogP contribution >= 0.6 is 37.2 Å². The third-order valence-corrected chi connectivity index (χ3v) is 1.34. The third-order valence-electron chi connectivity index (χ3n) is 1.34. The first-order valence-corrected chi connectivity index (χ1v) is 3.56. The second kappa shape index (κ2) is 11.0. The van der Waals surface area contributed by atoms with Crippen LogP contribution < -0.4 is 5.73 Å². The van der Waals surface area contributed by atoms with Gasteiger partial charge in [0, 0.05) is 6.54 Å². The molecule has 0 spiro atoms. The van der Waals surface area contributed by atoms with Gasteiger partial charge in [-0.2, -0.15) is 0 Å². The lowest BCUT2D eigenvalue weighted by molar-refractivity contribution is 0.276. The molecular formula is C6H15Cl3N4O. The fourth-order valence-corrected chi connectivity index (χ4v) is 0.774. The largest absolute Gasteiger partial charge is 0.390 e. The van der Waals surface area contributed by atoms with Crippen molar-refractivity contribution in [3.63, 3.8) is 0 Å². The zero-order chi connectivity index (χ0) is 8.10. The normalized spacial score (nSPS) is 8.14. The molecule has 1 aromatic heterocycles. The molecule has 0 aliphatic carbocycles. The Balaban J connectivity index is -0.000000403. The van der Waals surface area contributed by atoms with E-state index in [1.165, 1.54) is 0 Å². The minimum Gasteiger partial charge on any atom is -0.390 e. The standard InChI is InChI=1S/C6H12N4O.3ClH/c7-2-1-3-10-4-6(5-11)8-9-10;;;/h4,11H,1-3,5,7H2;3*1H. The molecule has 0 atom stereocenters. The van der Waals surface area contributed by atoms with E-state index < -0.39 is 0 Å². The molecule has 1 aromatic rings. The summed E-state index contributed by atoms with van der Waals surface area (Å²) in [6, 6.07) is 0. The van der Waals surface area contributed by atoms with Gasteiger partial charge in [-0.1, -0.05) is 5.21 Å². The predicted octanol–water partition coefficient (Wildman–Crippen LogP) is 0.385. The first-order valence-electron chi connectivity index (χ1n) is 3.56. The minimum atomic E-state index is -0.0530. The maximum absolute atomic E-state index is 8.64. The summed E-state index contributed by atoms with van der Waals surface area (Å²) in [5, 5.41) is 16.1. The lowest BCUT2D eigenvalue weighted by Crippen LogP contribution is -2.06. The van der Waals surface area contributed by atoms with Crippen LogP contribution in [-0.2, 0) is 13.2 Å². The average molecular weight is 266 g/mol. The van der Waals surface area contributed by atoms with Gasteiger partial charge in [0.25, 0.3) is 0 Å². The molecule has 0 radical (unpaired) electrons. The van der Waals surface area contributed by atoms with Crippen molar-refractivity contribution >= 4 is 37.2 Å². The zero-order valence-corrected chi connectivity index (χ0v) is 9.95. The molecule has 14 heavy (non-hydrogen) atoms. The molecule has 8 heteroatoms. The molecule has 0 unspecified atom stereocenters. The number of rotatable bonds is 4. The minimum absolute atomic E-state index is 0. The molecule has 0 fully saturated rings. The molecular weight excluding hydrogens is 250 g/mol. The van der Waals surface area contributed by atoms with E-state index in [2.05, 4.69) is 10.3 Å². The molecule has 0 saturated carbocycles. The van der Waals surface area contributed by atoms with Crippen LogP contribution in [0.25, 0.3) is 0 Å². The molecule has 5 nitrogen and oxygen atoms in total. The van der Waals surface area contributed by atoms with Crippen molar-refractivity contribution in [1.29, 1.82) is 0 Å². The molecule has 1 heterocycles. The van der Waals surface area contributed by atoms with Crippen LogP contribution in [0.3, 0.4) is 0 Å². The Kier molecular flexibility index (Phi) is 15.3. The van der Waals surface area contributed by atoms with Crippen LogP contribution in [0.2, 0.25) is 0 Å². The summed E-state index contributed by atoms with van der Waals surface area (Å²) in [7, 11) is 0. The highest BCUT2D eigenvalue weighted by molar-refractivity contribution is 5.86.